The van der Waals surface area contributed by atoms with E-state index in [2.05, 4.69) is 27.4 Å². The molecule has 0 spiro atoms. The van der Waals surface area contributed by atoms with E-state index in [1.54, 1.807) is 28.6 Å². The number of hydrogen-bond donors (Lipinski definition) is 1. The summed E-state index contributed by atoms with van der Waals surface area (Å²) in [5.74, 6) is -0.251. The van der Waals surface area contributed by atoms with Crippen molar-refractivity contribution < 1.29 is 9.59 Å². The summed E-state index contributed by atoms with van der Waals surface area (Å²) in [5.41, 5.74) is 5.94. The van der Waals surface area contributed by atoms with Gasteiger partial charge in [-0.25, -0.2) is 4.98 Å². The van der Waals surface area contributed by atoms with Crippen LogP contribution in [0.3, 0.4) is 0 Å². The van der Waals surface area contributed by atoms with Crippen LogP contribution in [0, 0.1) is 12.8 Å². The monoisotopic (exact) mass is 462 g/mol. The molecule has 1 aliphatic rings. The Morgan fingerprint density at radius 1 is 1.21 bits per heavy atom. The van der Waals surface area contributed by atoms with Gasteiger partial charge in [0.2, 0.25) is 11.8 Å². The third-order valence-corrected chi connectivity index (χ3v) is 7.22. The summed E-state index contributed by atoms with van der Waals surface area (Å²) in [6.45, 7) is 7.14. The molecular weight excluding hydrogens is 432 g/mol. The van der Waals surface area contributed by atoms with Crippen molar-refractivity contribution in [1.82, 2.24) is 20.2 Å². The number of carbonyl (C=O) groups is 2. The van der Waals surface area contributed by atoms with Gasteiger partial charge >= 0.3 is 0 Å². The van der Waals surface area contributed by atoms with Crippen LogP contribution in [-0.2, 0) is 16.1 Å². The maximum absolute atomic E-state index is 13.5. The van der Waals surface area contributed by atoms with Gasteiger partial charge in [-0.3, -0.25) is 14.6 Å². The van der Waals surface area contributed by atoms with E-state index in [1.807, 2.05) is 50.5 Å². The highest BCUT2D eigenvalue weighted by atomic mass is 32.1. The van der Waals surface area contributed by atoms with Crippen LogP contribution in [0.5, 0.6) is 0 Å². The first-order chi connectivity index (χ1) is 16.0. The van der Waals surface area contributed by atoms with Crippen molar-refractivity contribution in [1.29, 1.82) is 0 Å². The first-order valence-electron chi connectivity index (χ1n) is 11.4. The number of hydrogen-bond acceptors (Lipinski definition) is 5. The molecule has 2 aromatic heterocycles. The summed E-state index contributed by atoms with van der Waals surface area (Å²) in [6, 6.07) is 11.6. The molecule has 0 saturated carbocycles. The minimum absolute atomic E-state index is 0.0138. The van der Waals surface area contributed by atoms with Crippen LogP contribution in [0.2, 0.25) is 0 Å². The topological polar surface area (TPSA) is 75.2 Å². The van der Waals surface area contributed by atoms with Gasteiger partial charge in [0.15, 0.2) is 0 Å². The molecule has 0 radical (unpaired) electrons. The normalized spacial score (nSPS) is 16.7. The van der Waals surface area contributed by atoms with E-state index >= 15 is 0 Å². The molecule has 3 aromatic rings. The lowest BCUT2D eigenvalue weighted by Crippen LogP contribution is -2.47. The molecule has 4 rings (SSSR count). The predicted octanol–water partition coefficient (Wildman–Crippen LogP) is 4.56. The third kappa shape index (κ3) is 5.14. The Labute approximate surface area is 199 Å². The highest BCUT2D eigenvalue weighted by Gasteiger charge is 2.38. The molecule has 1 aliphatic heterocycles. The van der Waals surface area contributed by atoms with Gasteiger partial charge in [0.05, 0.1) is 22.0 Å². The van der Waals surface area contributed by atoms with Crippen LogP contribution < -0.4 is 5.32 Å². The molecule has 0 bridgehead atoms. The molecule has 2 atom stereocenters. The zero-order chi connectivity index (χ0) is 23.4. The second-order valence-electron chi connectivity index (χ2n) is 8.88. The molecule has 1 aromatic carbocycles. The zero-order valence-corrected chi connectivity index (χ0v) is 20.1. The average molecular weight is 463 g/mol. The fourth-order valence-electron chi connectivity index (χ4n) is 4.51. The van der Waals surface area contributed by atoms with E-state index < -0.39 is 6.04 Å². The highest BCUT2D eigenvalue weighted by molar-refractivity contribution is 7.13. The SMILES string of the molecule is Cc1ncsc1-c1ccc(CNC(=O)[C@@H]2CCCN2C(=O)C(c2cccnc2)C(C)C)cc1. The number of amides is 2. The Hall–Kier alpha value is -3.06. The van der Waals surface area contributed by atoms with E-state index in [4.69, 9.17) is 0 Å². The summed E-state index contributed by atoms with van der Waals surface area (Å²) in [6.07, 6.45) is 5.00. The Bertz CT molecular complexity index is 1090. The zero-order valence-electron chi connectivity index (χ0n) is 19.3. The Morgan fingerprint density at radius 3 is 2.64 bits per heavy atom. The second-order valence-corrected chi connectivity index (χ2v) is 9.73. The lowest BCUT2D eigenvalue weighted by Gasteiger charge is -2.30. The summed E-state index contributed by atoms with van der Waals surface area (Å²) in [7, 11) is 0. The number of nitrogens with zero attached hydrogens (tertiary/aromatic N) is 3. The van der Waals surface area contributed by atoms with Gasteiger partial charge in [0.25, 0.3) is 0 Å². The summed E-state index contributed by atoms with van der Waals surface area (Å²) in [4.78, 5) is 37.9. The van der Waals surface area contributed by atoms with Gasteiger partial charge in [0, 0.05) is 25.5 Å². The molecule has 1 N–H and O–H groups in total. The summed E-state index contributed by atoms with van der Waals surface area (Å²) in [5, 5.41) is 3.04. The van der Waals surface area contributed by atoms with Gasteiger partial charge in [0.1, 0.15) is 6.04 Å². The highest BCUT2D eigenvalue weighted by Crippen LogP contribution is 2.30. The number of carbonyl (C=O) groups excluding carboxylic acids is 2. The van der Waals surface area contributed by atoms with E-state index in [-0.39, 0.29) is 23.7 Å². The van der Waals surface area contributed by atoms with Crippen LogP contribution >= 0.6 is 11.3 Å². The number of rotatable bonds is 7. The molecule has 1 fully saturated rings. The van der Waals surface area contributed by atoms with Gasteiger partial charge in [-0.1, -0.05) is 44.2 Å². The molecule has 6 nitrogen and oxygen atoms in total. The summed E-state index contributed by atoms with van der Waals surface area (Å²) < 4.78 is 0. The summed E-state index contributed by atoms with van der Waals surface area (Å²) >= 11 is 1.63. The van der Waals surface area contributed by atoms with Crippen molar-refractivity contribution in [3.63, 3.8) is 0 Å². The molecule has 1 unspecified atom stereocenters. The molecule has 0 aliphatic carbocycles. The van der Waals surface area contributed by atoms with E-state index in [0.717, 1.165) is 28.8 Å². The van der Waals surface area contributed by atoms with Crippen molar-refractivity contribution >= 4 is 23.2 Å². The van der Waals surface area contributed by atoms with Crippen molar-refractivity contribution in [3.8, 4) is 10.4 Å². The fraction of sp³-hybridized carbons (Fsp3) is 0.385. The van der Waals surface area contributed by atoms with Crippen molar-refractivity contribution in [2.75, 3.05) is 6.54 Å². The van der Waals surface area contributed by atoms with Crippen molar-refractivity contribution in [2.24, 2.45) is 5.92 Å². The van der Waals surface area contributed by atoms with E-state index in [9.17, 15) is 9.59 Å². The number of nitrogens with one attached hydrogen (secondary N) is 1. The minimum atomic E-state index is -0.422. The predicted molar refractivity (Wildman–Crippen MR) is 131 cm³/mol. The van der Waals surface area contributed by atoms with Crippen LogP contribution in [0.25, 0.3) is 10.4 Å². The molecule has 172 valence electrons. The number of pyridine rings is 1. The first kappa shape index (κ1) is 23.1. The number of thiazole rings is 1. The third-order valence-electron chi connectivity index (χ3n) is 6.24. The fourth-order valence-corrected chi connectivity index (χ4v) is 5.33. The maximum atomic E-state index is 13.5. The lowest BCUT2D eigenvalue weighted by molar-refractivity contribution is -0.140. The Balaban J connectivity index is 1.40. The van der Waals surface area contributed by atoms with Crippen LogP contribution in [0.15, 0.2) is 54.3 Å². The van der Waals surface area contributed by atoms with E-state index in [0.29, 0.717) is 19.5 Å². The number of aromatic nitrogens is 2. The van der Waals surface area contributed by atoms with Crippen LogP contribution in [0.4, 0.5) is 0 Å². The quantitative estimate of drug-likeness (QED) is 0.559. The maximum Gasteiger partial charge on any atom is 0.243 e. The number of likely N-dealkylation sites (tertiary alicyclic amines) is 1. The number of aryl methyl sites for hydroxylation is 1. The van der Waals surface area contributed by atoms with Gasteiger partial charge in [-0.2, -0.15) is 0 Å². The smallest absolute Gasteiger partial charge is 0.243 e. The largest absolute Gasteiger partial charge is 0.350 e. The standard InChI is InChI=1S/C26H30N4O2S/c1-17(2)23(21-6-4-12-27-15-21)26(32)30-13-5-7-22(30)25(31)28-14-19-8-10-20(11-9-19)24-18(3)29-16-33-24/h4,6,8-12,15-17,22-23H,5,7,13-14H2,1-3H3,(H,28,31)/t22-,23?/m0/s1. The van der Waals surface area contributed by atoms with Crippen LogP contribution in [0.1, 0.15) is 49.4 Å². The first-order valence-corrected chi connectivity index (χ1v) is 12.3. The Kier molecular flexibility index (Phi) is 7.18. The molecule has 3 heterocycles. The van der Waals surface area contributed by atoms with Gasteiger partial charge in [-0.15, -0.1) is 11.3 Å². The van der Waals surface area contributed by atoms with Crippen molar-refractivity contribution in [3.05, 3.63) is 71.1 Å². The molecule has 2 amide bonds. The molecule has 7 heteroatoms. The number of benzene rings is 1. The lowest BCUT2D eigenvalue weighted by atomic mass is 9.88. The van der Waals surface area contributed by atoms with Crippen LogP contribution in [-0.4, -0.2) is 39.3 Å². The minimum Gasteiger partial charge on any atom is -0.350 e. The average Bonchev–Trinajstić information content (AvgIpc) is 3.48. The molecule has 33 heavy (non-hydrogen) atoms. The second kappa shape index (κ2) is 10.3. The molecular formula is C26H30N4O2S. The Morgan fingerprint density at radius 2 is 2.00 bits per heavy atom. The van der Waals surface area contributed by atoms with E-state index in [1.165, 1.54) is 4.88 Å². The molecule has 1 saturated heterocycles. The van der Waals surface area contributed by atoms with Gasteiger partial charge in [-0.05, 0) is 48.4 Å². The van der Waals surface area contributed by atoms with Crippen molar-refractivity contribution in [2.45, 2.75) is 52.1 Å². The van der Waals surface area contributed by atoms with Gasteiger partial charge < -0.3 is 10.2 Å².